The number of rotatable bonds is 5. The number of hydrogen-bond acceptors (Lipinski definition) is 4. The molecule has 0 saturated carbocycles. The molecule has 0 spiro atoms. The van der Waals surface area contributed by atoms with Gasteiger partial charge in [-0.05, 0) is 20.0 Å². The van der Waals surface area contributed by atoms with Crippen molar-refractivity contribution in [2.75, 3.05) is 7.05 Å². The highest BCUT2D eigenvalue weighted by molar-refractivity contribution is 5.84. The number of carboxylic acids is 1. The van der Waals surface area contributed by atoms with Crippen molar-refractivity contribution in [3.8, 4) is 0 Å². The van der Waals surface area contributed by atoms with E-state index in [9.17, 15) is 18.0 Å². The van der Waals surface area contributed by atoms with E-state index in [4.69, 9.17) is 9.52 Å². The number of carbonyl (C=O) groups is 1. The van der Waals surface area contributed by atoms with Crippen LogP contribution >= 0.6 is 0 Å². The molecule has 6 nitrogen and oxygen atoms in total. The van der Waals surface area contributed by atoms with Gasteiger partial charge in [0.15, 0.2) is 5.69 Å². The van der Waals surface area contributed by atoms with E-state index in [0.717, 1.165) is 4.68 Å². The van der Waals surface area contributed by atoms with Gasteiger partial charge in [-0.25, -0.2) is 4.79 Å². The average molecular weight is 331 g/mol. The quantitative estimate of drug-likeness (QED) is 0.912. The smallest absolute Gasteiger partial charge is 0.435 e. The van der Waals surface area contributed by atoms with Gasteiger partial charge in [0.25, 0.3) is 0 Å². The Hall–Kier alpha value is -2.29. The molecule has 23 heavy (non-hydrogen) atoms. The number of nitrogens with zero attached hydrogens (tertiary/aromatic N) is 3. The molecule has 0 aromatic carbocycles. The molecule has 126 valence electrons. The Kier molecular flexibility index (Phi) is 4.51. The van der Waals surface area contributed by atoms with Crippen molar-refractivity contribution in [3.63, 3.8) is 0 Å². The molecule has 0 radical (unpaired) electrons. The molecule has 2 rings (SSSR count). The SMILES string of the molecule is Cc1oc(C(=O)O)cc1CN(C)Cc1cn(C)nc1C(F)(F)F. The first-order valence-corrected chi connectivity index (χ1v) is 6.68. The van der Waals surface area contributed by atoms with E-state index in [1.165, 1.54) is 19.3 Å². The number of halogens is 3. The van der Waals surface area contributed by atoms with Gasteiger partial charge in [0.1, 0.15) is 5.76 Å². The van der Waals surface area contributed by atoms with Crippen LogP contribution in [-0.4, -0.2) is 32.8 Å². The van der Waals surface area contributed by atoms with Crippen LogP contribution in [0.5, 0.6) is 0 Å². The molecule has 1 N–H and O–H groups in total. The number of aryl methyl sites for hydroxylation is 2. The van der Waals surface area contributed by atoms with E-state index in [1.807, 2.05) is 0 Å². The summed E-state index contributed by atoms with van der Waals surface area (Å²) in [5.41, 5.74) is -0.244. The summed E-state index contributed by atoms with van der Waals surface area (Å²) in [7, 11) is 3.07. The number of aromatic carboxylic acids is 1. The first kappa shape index (κ1) is 17.1. The van der Waals surface area contributed by atoms with Gasteiger partial charge in [-0.2, -0.15) is 18.3 Å². The fourth-order valence-corrected chi connectivity index (χ4v) is 2.31. The lowest BCUT2D eigenvalue weighted by atomic mass is 10.2. The molecule has 2 heterocycles. The second-order valence-electron chi connectivity index (χ2n) is 5.34. The zero-order valence-electron chi connectivity index (χ0n) is 12.8. The van der Waals surface area contributed by atoms with Crippen molar-refractivity contribution in [3.05, 3.63) is 40.6 Å². The molecule has 0 bridgehead atoms. The summed E-state index contributed by atoms with van der Waals surface area (Å²) < 4.78 is 45.0. The second kappa shape index (κ2) is 6.07. The molecule has 2 aromatic heterocycles. The third-order valence-electron chi connectivity index (χ3n) is 3.28. The monoisotopic (exact) mass is 331 g/mol. The minimum Gasteiger partial charge on any atom is -0.475 e. The lowest BCUT2D eigenvalue weighted by Crippen LogP contribution is -2.19. The Labute approximate surface area is 130 Å². The fraction of sp³-hybridized carbons (Fsp3) is 0.429. The average Bonchev–Trinajstić information content (AvgIpc) is 2.93. The summed E-state index contributed by atoms with van der Waals surface area (Å²) in [6.07, 6.45) is -3.19. The predicted octanol–water partition coefficient (Wildman–Crippen LogP) is 2.67. The zero-order chi connectivity index (χ0) is 17.4. The third kappa shape index (κ3) is 3.92. The minimum atomic E-state index is -4.51. The van der Waals surface area contributed by atoms with Crippen molar-refractivity contribution in [1.82, 2.24) is 14.7 Å². The molecule has 9 heteroatoms. The molecule has 0 saturated heterocycles. The lowest BCUT2D eigenvalue weighted by molar-refractivity contribution is -0.142. The van der Waals surface area contributed by atoms with E-state index in [-0.39, 0.29) is 24.4 Å². The van der Waals surface area contributed by atoms with Crippen LogP contribution in [0.4, 0.5) is 13.2 Å². The number of alkyl halides is 3. The van der Waals surface area contributed by atoms with E-state index in [0.29, 0.717) is 11.3 Å². The molecule has 0 amide bonds. The molecule has 0 atom stereocenters. The van der Waals surface area contributed by atoms with Gasteiger partial charge in [0.2, 0.25) is 5.76 Å². The normalized spacial score (nSPS) is 12.1. The van der Waals surface area contributed by atoms with Gasteiger partial charge in [0.05, 0.1) is 0 Å². The summed E-state index contributed by atoms with van der Waals surface area (Å²) in [6, 6.07) is 1.38. The van der Waals surface area contributed by atoms with Crippen molar-refractivity contribution >= 4 is 5.97 Å². The molecule has 0 aliphatic carbocycles. The summed E-state index contributed by atoms with van der Waals surface area (Å²) in [4.78, 5) is 12.5. The number of hydrogen-bond donors (Lipinski definition) is 1. The zero-order valence-corrected chi connectivity index (χ0v) is 12.8. The Bertz CT molecular complexity index is 719. The van der Waals surface area contributed by atoms with Gasteiger partial charge in [-0.15, -0.1) is 0 Å². The maximum absolute atomic E-state index is 12.9. The highest BCUT2D eigenvalue weighted by Crippen LogP contribution is 2.31. The Balaban J connectivity index is 2.14. The van der Waals surface area contributed by atoms with Crippen LogP contribution < -0.4 is 0 Å². The van der Waals surface area contributed by atoms with Gasteiger partial charge in [0, 0.05) is 37.5 Å². The van der Waals surface area contributed by atoms with E-state index < -0.39 is 17.8 Å². The van der Waals surface area contributed by atoms with Crippen LogP contribution in [0, 0.1) is 6.92 Å². The molecular formula is C14H16F3N3O3. The van der Waals surface area contributed by atoms with E-state index in [2.05, 4.69) is 5.10 Å². The van der Waals surface area contributed by atoms with Crippen LogP contribution in [0.25, 0.3) is 0 Å². The first-order valence-electron chi connectivity index (χ1n) is 6.68. The fourth-order valence-electron chi connectivity index (χ4n) is 2.31. The summed E-state index contributed by atoms with van der Waals surface area (Å²) in [5, 5.41) is 12.3. The van der Waals surface area contributed by atoms with Crippen molar-refractivity contribution in [1.29, 1.82) is 0 Å². The Morgan fingerprint density at radius 1 is 1.39 bits per heavy atom. The first-order chi connectivity index (χ1) is 10.6. The highest BCUT2D eigenvalue weighted by Gasteiger charge is 2.37. The third-order valence-corrected chi connectivity index (χ3v) is 3.28. The topological polar surface area (TPSA) is 71.5 Å². The van der Waals surface area contributed by atoms with Gasteiger partial charge in [-0.1, -0.05) is 0 Å². The summed E-state index contributed by atoms with van der Waals surface area (Å²) in [5.74, 6) is -0.951. The van der Waals surface area contributed by atoms with Gasteiger partial charge in [-0.3, -0.25) is 9.58 Å². The van der Waals surface area contributed by atoms with Crippen molar-refractivity contribution in [2.45, 2.75) is 26.2 Å². The van der Waals surface area contributed by atoms with Crippen LogP contribution in [0.1, 0.15) is 33.1 Å². The standard InChI is InChI=1S/C14H16F3N3O3/c1-8-9(4-11(23-8)13(21)22)5-19(2)6-10-7-20(3)18-12(10)14(15,16)17/h4,7H,5-6H2,1-3H3,(H,21,22). The maximum Gasteiger partial charge on any atom is 0.435 e. The molecule has 0 fully saturated rings. The predicted molar refractivity (Wildman–Crippen MR) is 73.8 cm³/mol. The van der Waals surface area contributed by atoms with Crippen LogP contribution in [0.3, 0.4) is 0 Å². The molecule has 0 aliphatic rings. The van der Waals surface area contributed by atoms with Crippen LogP contribution in [0.15, 0.2) is 16.7 Å². The minimum absolute atomic E-state index is 0.0235. The van der Waals surface area contributed by atoms with Crippen molar-refractivity contribution in [2.24, 2.45) is 7.05 Å². The highest BCUT2D eigenvalue weighted by atomic mass is 19.4. The van der Waals surface area contributed by atoms with Crippen molar-refractivity contribution < 1.29 is 27.5 Å². The Morgan fingerprint density at radius 3 is 2.52 bits per heavy atom. The number of aromatic nitrogens is 2. The molecule has 2 aromatic rings. The van der Waals surface area contributed by atoms with Gasteiger partial charge < -0.3 is 9.52 Å². The summed E-state index contributed by atoms with van der Waals surface area (Å²) in [6.45, 7) is 1.89. The molecular weight excluding hydrogens is 315 g/mol. The number of carboxylic acid groups (broad SMARTS) is 1. The summed E-state index contributed by atoms with van der Waals surface area (Å²) >= 11 is 0. The maximum atomic E-state index is 12.9. The van der Waals surface area contributed by atoms with Crippen LogP contribution in [-0.2, 0) is 26.3 Å². The Morgan fingerprint density at radius 2 is 2.00 bits per heavy atom. The molecule has 0 unspecified atom stereocenters. The van der Waals surface area contributed by atoms with Crippen LogP contribution in [0.2, 0.25) is 0 Å². The number of furan rings is 1. The largest absolute Gasteiger partial charge is 0.475 e. The van der Waals surface area contributed by atoms with Gasteiger partial charge >= 0.3 is 12.1 Å². The lowest BCUT2D eigenvalue weighted by Gasteiger charge is -2.16. The van der Waals surface area contributed by atoms with E-state index in [1.54, 1.807) is 18.9 Å². The molecule has 0 aliphatic heterocycles. The second-order valence-corrected chi connectivity index (χ2v) is 5.34. The van der Waals surface area contributed by atoms with E-state index >= 15 is 0 Å².